The van der Waals surface area contributed by atoms with Gasteiger partial charge in [-0.2, -0.15) is 0 Å². The molecule has 0 aliphatic carbocycles. The van der Waals surface area contributed by atoms with E-state index in [9.17, 15) is 0 Å². The molecule has 1 heterocycles. The van der Waals surface area contributed by atoms with Crippen molar-refractivity contribution < 1.29 is 0 Å². The van der Waals surface area contributed by atoms with Gasteiger partial charge in [-0.3, -0.25) is 4.90 Å². The maximum absolute atomic E-state index is 5.87. The van der Waals surface area contributed by atoms with Gasteiger partial charge in [0.1, 0.15) is 0 Å². The number of nitrogens with two attached hydrogens (primary N) is 2. The molecule has 0 spiro atoms. The van der Waals surface area contributed by atoms with Gasteiger partial charge in [0.15, 0.2) is 0 Å². The van der Waals surface area contributed by atoms with E-state index >= 15 is 0 Å². The molecule has 0 aromatic heterocycles. The van der Waals surface area contributed by atoms with Crippen molar-refractivity contribution in [1.29, 1.82) is 0 Å². The standard InChI is InChI=1S/C8H20N4/c9-2-1-8(10)7-12-5-3-11-4-6-12/h8,11H,1-7,9-10H2/t8-/m0/s1. The van der Waals surface area contributed by atoms with Crippen LogP contribution in [0.5, 0.6) is 0 Å². The lowest BCUT2D eigenvalue weighted by Gasteiger charge is -2.29. The number of hydrogen-bond donors (Lipinski definition) is 3. The molecule has 1 atom stereocenters. The molecule has 0 bridgehead atoms. The van der Waals surface area contributed by atoms with Crippen LogP contribution in [-0.4, -0.2) is 50.2 Å². The Morgan fingerprint density at radius 2 is 2.00 bits per heavy atom. The molecule has 1 aliphatic rings. The highest BCUT2D eigenvalue weighted by atomic mass is 15.2. The molecule has 0 aromatic carbocycles. The van der Waals surface area contributed by atoms with Crippen LogP contribution in [0, 0.1) is 0 Å². The number of piperazine rings is 1. The smallest absolute Gasteiger partial charge is 0.0179 e. The zero-order chi connectivity index (χ0) is 8.81. The van der Waals surface area contributed by atoms with E-state index < -0.39 is 0 Å². The van der Waals surface area contributed by atoms with E-state index in [1.54, 1.807) is 0 Å². The summed E-state index contributed by atoms with van der Waals surface area (Å²) in [5.74, 6) is 0. The van der Waals surface area contributed by atoms with Crippen molar-refractivity contribution in [3.05, 3.63) is 0 Å². The highest BCUT2D eigenvalue weighted by Crippen LogP contribution is 1.95. The Morgan fingerprint density at radius 1 is 1.33 bits per heavy atom. The van der Waals surface area contributed by atoms with Gasteiger partial charge in [0.25, 0.3) is 0 Å². The molecule has 4 nitrogen and oxygen atoms in total. The Balaban J connectivity index is 2.11. The van der Waals surface area contributed by atoms with Gasteiger partial charge >= 0.3 is 0 Å². The summed E-state index contributed by atoms with van der Waals surface area (Å²) in [6, 6.07) is 0.257. The molecule has 12 heavy (non-hydrogen) atoms. The van der Waals surface area contributed by atoms with Crippen LogP contribution in [0.15, 0.2) is 0 Å². The molecule has 1 aliphatic heterocycles. The summed E-state index contributed by atoms with van der Waals surface area (Å²) >= 11 is 0. The lowest BCUT2D eigenvalue weighted by Crippen LogP contribution is -2.48. The molecule has 1 rings (SSSR count). The topological polar surface area (TPSA) is 67.3 Å². The average Bonchev–Trinajstić information content (AvgIpc) is 2.06. The second-order valence-electron chi connectivity index (χ2n) is 3.39. The first kappa shape index (κ1) is 9.92. The monoisotopic (exact) mass is 172 g/mol. The lowest BCUT2D eigenvalue weighted by molar-refractivity contribution is 0.225. The Kier molecular flexibility index (Phi) is 4.53. The molecule has 0 radical (unpaired) electrons. The van der Waals surface area contributed by atoms with Crippen LogP contribution in [0.1, 0.15) is 6.42 Å². The van der Waals surface area contributed by atoms with E-state index in [1.165, 1.54) is 0 Å². The van der Waals surface area contributed by atoms with Crippen LogP contribution in [0.25, 0.3) is 0 Å². The van der Waals surface area contributed by atoms with E-state index in [4.69, 9.17) is 11.5 Å². The second-order valence-corrected chi connectivity index (χ2v) is 3.39. The number of nitrogens with one attached hydrogen (secondary N) is 1. The third-order valence-corrected chi connectivity index (χ3v) is 2.24. The molecule has 1 saturated heterocycles. The maximum atomic E-state index is 5.87. The molecule has 0 amide bonds. The molecule has 4 heteroatoms. The Labute approximate surface area is 74.3 Å². The van der Waals surface area contributed by atoms with Gasteiger partial charge in [0.2, 0.25) is 0 Å². The average molecular weight is 172 g/mol. The number of rotatable bonds is 4. The zero-order valence-electron chi connectivity index (χ0n) is 7.63. The molecule has 72 valence electrons. The fraction of sp³-hybridized carbons (Fsp3) is 1.00. The number of nitrogens with zero attached hydrogens (tertiary/aromatic N) is 1. The molecule has 5 N–H and O–H groups in total. The highest BCUT2D eigenvalue weighted by Gasteiger charge is 2.12. The molecule has 0 saturated carbocycles. The van der Waals surface area contributed by atoms with E-state index in [0.29, 0.717) is 6.54 Å². The number of hydrogen-bond acceptors (Lipinski definition) is 4. The summed E-state index contributed by atoms with van der Waals surface area (Å²) in [7, 11) is 0. The van der Waals surface area contributed by atoms with Crippen molar-refractivity contribution >= 4 is 0 Å². The first-order valence-corrected chi connectivity index (χ1v) is 4.71. The summed E-state index contributed by atoms with van der Waals surface area (Å²) < 4.78 is 0. The lowest BCUT2D eigenvalue weighted by atomic mass is 10.2. The SMILES string of the molecule is NCC[C@H](N)CN1CCNCC1. The summed E-state index contributed by atoms with van der Waals surface area (Å²) in [6.45, 7) is 6.13. The van der Waals surface area contributed by atoms with Gasteiger partial charge in [-0.25, -0.2) is 0 Å². The van der Waals surface area contributed by atoms with Gasteiger partial charge in [0.05, 0.1) is 0 Å². The molecule has 0 aromatic rings. The Morgan fingerprint density at radius 3 is 2.58 bits per heavy atom. The van der Waals surface area contributed by atoms with Crippen molar-refractivity contribution in [3.63, 3.8) is 0 Å². The van der Waals surface area contributed by atoms with Crippen molar-refractivity contribution in [1.82, 2.24) is 10.2 Å². The third kappa shape index (κ3) is 3.49. The van der Waals surface area contributed by atoms with E-state index in [0.717, 1.165) is 39.1 Å². The summed E-state index contributed by atoms with van der Waals surface area (Å²) in [5, 5.41) is 3.31. The minimum atomic E-state index is 0.257. The van der Waals surface area contributed by atoms with Gasteiger partial charge in [-0.1, -0.05) is 0 Å². The minimum absolute atomic E-state index is 0.257. The third-order valence-electron chi connectivity index (χ3n) is 2.24. The van der Waals surface area contributed by atoms with Crippen molar-refractivity contribution in [2.45, 2.75) is 12.5 Å². The van der Waals surface area contributed by atoms with Gasteiger partial charge in [-0.05, 0) is 13.0 Å². The van der Waals surface area contributed by atoms with Gasteiger partial charge in [-0.15, -0.1) is 0 Å². The largest absolute Gasteiger partial charge is 0.330 e. The van der Waals surface area contributed by atoms with E-state index in [-0.39, 0.29) is 6.04 Å². The van der Waals surface area contributed by atoms with E-state index in [2.05, 4.69) is 10.2 Å². The predicted octanol–water partition coefficient (Wildman–Crippen LogP) is -1.43. The van der Waals surface area contributed by atoms with Crippen LogP contribution in [-0.2, 0) is 0 Å². The fourth-order valence-corrected chi connectivity index (χ4v) is 1.53. The first-order valence-electron chi connectivity index (χ1n) is 4.71. The molecular weight excluding hydrogens is 152 g/mol. The van der Waals surface area contributed by atoms with Crippen molar-refractivity contribution in [2.75, 3.05) is 39.3 Å². The minimum Gasteiger partial charge on any atom is -0.330 e. The quantitative estimate of drug-likeness (QED) is 0.486. The van der Waals surface area contributed by atoms with E-state index in [1.807, 2.05) is 0 Å². The van der Waals surface area contributed by atoms with Crippen LogP contribution in [0.3, 0.4) is 0 Å². The van der Waals surface area contributed by atoms with Crippen LogP contribution in [0.2, 0.25) is 0 Å². The van der Waals surface area contributed by atoms with Crippen LogP contribution >= 0.6 is 0 Å². The van der Waals surface area contributed by atoms with Crippen molar-refractivity contribution in [3.8, 4) is 0 Å². The van der Waals surface area contributed by atoms with Crippen molar-refractivity contribution in [2.24, 2.45) is 11.5 Å². The predicted molar refractivity (Wildman–Crippen MR) is 51.0 cm³/mol. The molecule has 1 fully saturated rings. The first-order chi connectivity index (χ1) is 5.83. The Hall–Kier alpha value is -0.160. The summed E-state index contributed by atoms with van der Waals surface area (Å²) in [4.78, 5) is 2.40. The van der Waals surface area contributed by atoms with Gasteiger partial charge in [0, 0.05) is 38.8 Å². The maximum Gasteiger partial charge on any atom is 0.0179 e. The molecule has 0 unspecified atom stereocenters. The summed E-state index contributed by atoms with van der Waals surface area (Å²) in [5.41, 5.74) is 11.3. The molecular formula is C8H20N4. The van der Waals surface area contributed by atoms with Gasteiger partial charge < -0.3 is 16.8 Å². The van der Waals surface area contributed by atoms with Crippen LogP contribution < -0.4 is 16.8 Å². The zero-order valence-corrected chi connectivity index (χ0v) is 7.63. The second kappa shape index (κ2) is 5.48. The Bertz CT molecular complexity index is 112. The highest BCUT2D eigenvalue weighted by molar-refractivity contribution is 4.73. The van der Waals surface area contributed by atoms with Crippen LogP contribution in [0.4, 0.5) is 0 Å². The fourth-order valence-electron chi connectivity index (χ4n) is 1.53. The summed E-state index contributed by atoms with van der Waals surface area (Å²) in [6.07, 6.45) is 0.934. The normalized spacial score (nSPS) is 22.5.